The average molecular weight is 596 g/mol. The summed E-state index contributed by atoms with van der Waals surface area (Å²) in [6.07, 6.45) is 6.89. The Morgan fingerprint density at radius 3 is 2.76 bits per heavy atom. The van der Waals surface area contributed by atoms with Gasteiger partial charge in [-0.05, 0) is 51.7 Å². The van der Waals surface area contributed by atoms with Crippen molar-refractivity contribution in [2.75, 3.05) is 32.8 Å². The van der Waals surface area contributed by atoms with Crippen LogP contribution in [0.4, 0.5) is 0 Å². The van der Waals surface area contributed by atoms with Crippen LogP contribution in [-0.4, -0.2) is 88.7 Å². The van der Waals surface area contributed by atoms with Gasteiger partial charge in [0.05, 0.1) is 6.17 Å². The molecule has 2 saturated heterocycles. The predicted molar refractivity (Wildman–Crippen MR) is 161 cm³/mol. The molecule has 12 heteroatoms. The van der Waals surface area contributed by atoms with Crippen molar-refractivity contribution < 1.29 is 18.8 Å². The molecular formula is C30H38ClN7O4. The Hall–Kier alpha value is -3.38. The van der Waals surface area contributed by atoms with E-state index in [2.05, 4.69) is 15.5 Å². The van der Waals surface area contributed by atoms with Crippen LogP contribution < -0.4 is 11.1 Å². The summed E-state index contributed by atoms with van der Waals surface area (Å²) in [4.78, 5) is 40.1. The van der Waals surface area contributed by atoms with Crippen LogP contribution in [0.25, 0.3) is 17.0 Å². The molecule has 0 radical (unpaired) electrons. The van der Waals surface area contributed by atoms with Gasteiger partial charge >= 0.3 is 0 Å². The molecule has 2 unspecified atom stereocenters. The summed E-state index contributed by atoms with van der Waals surface area (Å²) in [5, 5.41) is 7.85. The number of nitrogens with zero attached hydrogens (tertiary/aromatic N) is 5. The molecular weight excluding hydrogens is 558 g/mol. The van der Waals surface area contributed by atoms with E-state index in [4.69, 9.17) is 31.6 Å². The zero-order valence-corrected chi connectivity index (χ0v) is 25.1. The van der Waals surface area contributed by atoms with E-state index >= 15 is 0 Å². The number of carbonyl (C=O) groups is 2. The van der Waals surface area contributed by atoms with Crippen LogP contribution in [0.1, 0.15) is 51.0 Å². The van der Waals surface area contributed by atoms with Crippen molar-refractivity contribution in [1.82, 2.24) is 25.3 Å². The van der Waals surface area contributed by atoms with Crippen LogP contribution in [-0.2, 0) is 14.3 Å². The Balaban J connectivity index is 1.48. The maximum Gasteiger partial charge on any atom is 0.260 e. The zero-order valence-electron chi connectivity index (χ0n) is 24.3. The third-order valence-electron chi connectivity index (χ3n) is 7.76. The van der Waals surface area contributed by atoms with Crippen molar-refractivity contribution in [3.05, 3.63) is 52.4 Å². The number of ether oxygens (including phenoxy) is 1. The van der Waals surface area contributed by atoms with Crippen molar-refractivity contribution in [2.45, 2.75) is 64.7 Å². The second-order valence-corrected chi connectivity index (χ2v) is 11.4. The van der Waals surface area contributed by atoms with Gasteiger partial charge < -0.3 is 19.9 Å². The smallest absolute Gasteiger partial charge is 0.260 e. The van der Waals surface area contributed by atoms with Gasteiger partial charge in [-0.1, -0.05) is 35.0 Å². The number of carbonyl (C=O) groups excluding carboxylic acids is 2. The number of aliphatic imine (C=N–C) groups is 1. The van der Waals surface area contributed by atoms with E-state index < -0.39 is 0 Å². The van der Waals surface area contributed by atoms with Gasteiger partial charge in [-0.3, -0.25) is 19.8 Å². The van der Waals surface area contributed by atoms with E-state index in [1.165, 1.54) is 4.90 Å². The third kappa shape index (κ3) is 6.81. The molecule has 2 amide bonds. The number of allylic oxidation sites excluding steroid dienone is 1. The monoisotopic (exact) mass is 595 g/mol. The summed E-state index contributed by atoms with van der Waals surface area (Å²) >= 11 is 6.74. The first-order chi connectivity index (χ1) is 20.2. The molecule has 2 atom stereocenters. The lowest BCUT2D eigenvalue weighted by Gasteiger charge is -2.35. The minimum absolute atomic E-state index is 0.0709. The molecule has 5 rings (SSSR count). The zero-order chi connectivity index (χ0) is 29.8. The maximum absolute atomic E-state index is 14.2. The van der Waals surface area contributed by atoms with E-state index in [0.29, 0.717) is 65.6 Å². The summed E-state index contributed by atoms with van der Waals surface area (Å²) < 4.78 is 10.6. The molecule has 0 bridgehead atoms. The molecule has 3 aliphatic rings. The molecule has 0 saturated carbocycles. The molecule has 1 aromatic carbocycles. The van der Waals surface area contributed by atoms with Gasteiger partial charge in [0.25, 0.3) is 5.91 Å². The number of aryl methyl sites for hydroxylation is 1. The fourth-order valence-electron chi connectivity index (χ4n) is 5.56. The molecule has 224 valence electrons. The van der Waals surface area contributed by atoms with Crippen LogP contribution in [0.5, 0.6) is 0 Å². The Morgan fingerprint density at radius 1 is 1.31 bits per heavy atom. The molecule has 3 aliphatic heterocycles. The number of hydrogen-bond donors (Lipinski definition) is 2. The number of benzene rings is 1. The quantitative estimate of drug-likeness (QED) is 0.497. The largest absolute Gasteiger partial charge is 0.381 e. The van der Waals surface area contributed by atoms with Crippen molar-refractivity contribution in [3.8, 4) is 11.4 Å². The first-order valence-corrected chi connectivity index (χ1v) is 14.9. The highest BCUT2D eigenvalue weighted by Gasteiger charge is 2.35. The van der Waals surface area contributed by atoms with Crippen LogP contribution in [0.3, 0.4) is 0 Å². The van der Waals surface area contributed by atoms with Gasteiger partial charge in [0.2, 0.25) is 17.6 Å². The van der Waals surface area contributed by atoms with Crippen molar-refractivity contribution in [3.63, 3.8) is 0 Å². The number of aromatic nitrogens is 2. The van der Waals surface area contributed by atoms with Gasteiger partial charge in [-0.15, -0.1) is 0 Å². The SMILES string of the molecule is C/C=C1/C=C(c2ccc(-c3noc(C)n3)cc2Cl)C(=O)N(CC(=O)N2CCCC(N)C2)/C1=N/C(C)NC1CCOCC1. The molecule has 3 N–H and O–H groups in total. The number of amidine groups is 1. The number of rotatable bonds is 7. The lowest BCUT2D eigenvalue weighted by Crippen LogP contribution is -2.52. The second-order valence-electron chi connectivity index (χ2n) is 10.9. The molecule has 11 nitrogen and oxygen atoms in total. The standard InChI is InChI=1S/C30H38ClN7O4/c1-4-20-14-25(24-8-7-21(15-26(24)31)28-35-19(3)42-36-28)30(40)38(17-27(39)37-11-5-6-22(32)16-37)29(20)34-18(2)33-23-9-12-41-13-10-23/h4,7-8,14-15,18,22-23,33H,5-6,9-13,16-17,32H2,1-3H3/b20-4-,34-29+. The van der Waals surface area contributed by atoms with Gasteiger partial charge in [-0.2, -0.15) is 4.98 Å². The predicted octanol–water partition coefficient (Wildman–Crippen LogP) is 3.33. The number of nitrogens with one attached hydrogen (secondary N) is 1. The highest BCUT2D eigenvalue weighted by atomic mass is 35.5. The fraction of sp³-hybridized carbons (Fsp3) is 0.500. The minimum atomic E-state index is -0.350. The second kappa shape index (κ2) is 13.3. The summed E-state index contributed by atoms with van der Waals surface area (Å²) in [5.41, 5.74) is 8.46. The van der Waals surface area contributed by atoms with E-state index in [1.54, 1.807) is 36.1 Å². The van der Waals surface area contributed by atoms with Crippen LogP contribution in [0, 0.1) is 6.92 Å². The van der Waals surface area contributed by atoms with Gasteiger partial charge in [-0.25, -0.2) is 4.99 Å². The van der Waals surface area contributed by atoms with Crippen molar-refractivity contribution in [2.24, 2.45) is 10.7 Å². The molecule has 2 aromatic rings. The molecule has 0 spiro atoms. The van der Waals surface area contributed by atoms with Crippen molar-refractivity contribution in [1.29, 1.82) is 0 Å². The number of amides is 2. The number of halogens is 1. The van der Waals surface area contributed by atoms with Gasteiger partial charge in [0, 0.05) is 72.6 Å². The third-order valence-corrected chi connectivity index (χ3v) is 8.08. The Kier molecular flexibility index (Phi) is 9.52. The average Bonchev–Trinajstić information content (AvgIpc) is 3.42. The molecule has 4 heterocycles. The number of hydrogen-bond acceptors (Lipinski definition) is 9. The van der Waals surface area contributed by atoms with Gasteiger partial charge in [0.1, 0.15) is 12.4 Å². The Labute approximate surface area is 250 Å². The first-order valence-electron chi connectivity index (χ1n) is 14.5. The summed E-state index contributed by atoms with van der Waals surface area (Å²) in [7, 11) is 0. The van der Waals surface area contributed by atoms with E-state index in [9.17, 15) is 9.59 Å². The Bertz CT molecular complexity index is 1410. The molecule has 0 aliphatic carbocycles. The fourth-order valence-corrected chi connectivity index (χ4v) is 5.84. The van der Waals surface area contributed by atoms with Crippen LogP contribution in [0.2, 0.25) is 5.02 Å². The van der Waals surface area contributed by atoms with Crippen molar-refractivity contribution >= 4 is 34.8 Å². The lowest BCUT2D eigenvalue weighted by molar-refractivity contribution is -0.136. The lowest BCUT2D eigenvalue weighted by atomic mass is 9.95. The van der Waals surface area contributed by atoms with E-state index in [0.717, 1.165) is 31.3 Å². The highest BCUT2D eigenvalue weighted by molar-refractivity contribution is 6.38. The van der Waals surface area contributed by atoms with E-state index in [-0.39, 0.29) is 36.6 Å². The normalized spacial score (nSPS) is 23.0. The number of piperidine rings is 1. The molecule has 1 aromatic heterocycles. The van der Waals surface area contributed by atoms with Crippen LogP contribution in [0.15, 0.2) is 45.4 Å². The summed E-state index contributed by atoms with van der Waals surface area (Å²) in [6.45, 7) is 7.90. The molecule has 2 fully saturated rings. The number of nitrogens with two attached hydrogens (primary N) is 1. The highest BCUT2D eigenvalue weighted by Crippen LogP contribution is 2.33. The maximum atomic E-state index is 14.2. The molecule has 42 heavy (non-hydrogen) atoms. The van der Waals surface area contributed by atoms with E-state index in [1.807, 2.05) is 19.9 Å². The Morgan fingerprint density at radius 2 is 2.10 bits per heavy atom. The topological polar surface area (TPSA) is 139 Å². The summed E-state index contributed by atoms with van der Waals surface area (Å²) in [6, 6.07) is 5.46. The summed E-state index contributed by atoms with van der Waals surface area (Å²) in [5.74, 6) is 0.782. The van der Waals surface area contributed by atoms with Gasteiger partial charge in [0.15, 0.2) is 0 Å². The minimum Gasteiger partial charge on any atom is -0.381 e. The van der Waals surface area contributed by atoms with Crippen LogP contribution >= 0.6 is 11.6 Å². The first kappa shape index (κ1) is 30.1. The number of likely N-dealkylation sites (tertiary alicyclic amines) is 1.